The van der Waals surface area contributed by atoms with Crippen molar-refractivity contribution >= 4 is 29.2 Å². The molecule has 2 N–H and O–H groups in total. The predicted octanol–water partition coefficient (Wildman–Crippen LogP) is 1.45. The van der Waals surface area contributed by atoms with Crippen LogP contribution in [0.1, 0.15) is 0 Å². The van der Waals surface area contributed by atoms with Gasteiger partial charge in [0.25, 0.3) is 0 Å². The molecule has 2 rings (SSSR count). The summed E-state index contributed by atoms with van der Waals surface area (Å²) in [6, 6.07) is 5.61. The van der Waals surface area contributed by atoms with E-state index in [0.717, 1.165) is 11.0 Å². The SMILES string of the molecule is CNC(=O)Cn1c(=S)[nH]c2c(OC)cccc21. The quantitative estimate of drug-likeness (QED) is 0.812. The summed E-state index contributed by atoms with van der Waals surface area (Å²) in [6.45, 7) is 0.197. The Labute approximate surface area is 103 Å². The molecule has 0 saturated heterocycles. The molecule has 1 aromatic carbocycles. The van der Waals surface area contributed by atoms with E-state index in [1.807, 2.05) is 18.2 Å². The van der Waals surface area contributed by atoms with E-state index < -0.39 is 0 Å². The lowest BCUT2D eigenvalue weighted by Gasteiger charge is -2.04. The molecule has 0 atom stereocenters. The number of hydrogen-bond donors (Lipinski definition) is 2. The first-order valence-corrected chi connectivity index (χ1v) is 5.54. The minimum Gasteiger partial charge on any atom is -0.494 e. The van der Waals surface area contributed by atoms with Gasteiger partial charge >= 0.3 is 0 Å². The van der Waals surface area contributed by atoms with Crippen molar-refractivity contribution in [2.75, 3.05) is 14.2 Å². The monoisotopic (exact) mass is 251 g/mol. The van der Waals surface area contributed by atoms with Crippen LogP contribution in [0, 0.1) is 4.77 Å². The van der Waals surface area contributed by atoms with Crippen molar-refractivity contribution in [3.05, 3.63) is 23.0 Å². The fourth-order valence-electron chi connectivity index (χ4n) is 1.70. The highest BCUT2D eigenvalue weighted by Gasteiger charge is 2.10. The average Bonchev–Trinajstić information content (AvgIpc) is 2.66. The lowest BCUT2D eigenvalue weighted by molar-refractivity contribution is -0.121. The van der Waals surface area contributed by atoms with Crippen LogP contribution in [-0.2, 0) is 11.3 Å². The number of ether oxygens (including phenoxy) is 1. The molecule has 1 aromatic heterocycles. The molecule has 1 heterocycles. The molecule has 0 aliphatic heterocycles. The Hall–Kier alpha value is -1.82. The molecular weight excluding hydrogens is 238 g/mol. The number of hydrogen-bond acceptors (Lipinski definition) is 3. The molecule has 0 radical (unpaired) electrons. The van der Waals surface area contributed by atoms with E-state index in [1.54, 1.807) is 18.7 Å². The highest BCUT2D eigenvalue weighted by molar-refractivity contribution is 7.71. The molecule has 90 valence electrons. The number of benzene rings is 1. The van der Waals surface area contributed by atoms with Crippen LogP contribution in [0.5, 0.6) is 5.75 Å². The Morgan fingerprint density at radius 2 is 2.35 bits per heavy atom. The molecule has 2 aromatic rings. The summed E-state index contributed by atoms with van der Waals surface area (Å²) in [5, 5.41) is 2.57. The van der Waals surface area contributed by atoms with Gasteiger partial charge in [-0.15, -0.1) is 0 Å². The van der Waals surface area contributed by atoms with Crippen LogP contribution < -0.4 is 10.1 Å². The summed E-state index contributed by atoms with van der Waals surface area (Å²) >= 11 is 5.20. The van der Waals surface area contributed by atoms with E-state index in [-0.39, 0.29) is 12.5 Å². The summed E-state index contributed by atoms with van der Waals surface area (Å²) in [7, 11) is 3.20. The van der Waals surface area contributed by atoms with Crippen LogP contribution in [0.15, 0.2) is 18.2 Å². The van der Waals surface area contributed by atoms with Crippen LogP contribution in [-0.4, -0.2) is 29.6 Å². The van der Waals surface area contributed by atoms with Crippen LogP contribution >= 0.6 is 12.2 Å². The number of aromatic nitrogens is 2. The number of para-hydroxylation sites is 1. The first kappa shape index (κ1) is 11.7. The second-order valence-electron chi connectivity index (χ2n) is 3.54. The number of nitrogens with zero attached hydrogens (tertiary/aromatic N) is 1. The van der Waals surface area contributed by atoms with Gasteiger partial charge in [-0.3, -0.25) is 4.79 Å². The standard InChI is InChI=1S/C11H13N3O2S/c1-12-9(15)6-14-7-4-3-5-8(16-2)10(7)13-11(14)17/h3-5H,6H2,1-2H3,(H,12,15)(H,13,17). The molecule has 5 nitrogen and oxygen atoms in total. The number of carbonyl (C=O) groups excluding carboxylic acids is 1. The van der Waals surface area contributed by atoms with Gasteiger partial charge in [0, 0.05) is 7.05 Å². The number of imidazole rings is 1. The molecule has 0 saturated carbocycles. The molecular formula is C11H13N3O2S. The Morgan fingerprint density at radius 1 is 1.59 bits per heavy atom. The van der Waals surface area contributed by atoms with Crippen molar-refractivity contribution in [3.8, 4) is 5.75 Å². The summed E-state index contributed by atoms with van der Waals surface area (Å²) in [5.41, 5.74) is 1.67. The van der Waals surface area contributed by atoms with Gasteiger partial charge in [0.1, 0.15) is 17.8 Å². The predicted molar refractivity (Wildman–Crippen MR) is 67.7 cm³/mol. The highest BCUT2D eigenvalue weighted by atomic mass is 32.1. The van der Waals surface area contributed by atoms with Crippen molar-refractivity contribution in [1.82, 2.24) is 14.9 Å². The number of rotatable bonds is 3. The molecule has 6 heteroatoms. The lowest BCUT2D eigenvalue weighted by atomic mass is 10.3. The van der Waals surface area contributed by atoms with E-state index in [0.29, 0.717) is 10.5 Å². The number of carbonyl (C=O) groups is 1. The van der Waals surface area contributed by atoms with Gasteiger partial charge in [-0.1, -0.05) is 6.07 Å². The molecule has 0 aliphatic rings. The van der Waals surface area contributed by atoms with Crippen LogP contribution in [0.3, 0.4) is 0 Å². The number of nitrogens with one attached hydrogen (secondary N) is 2. The Kier molecular flexibility index (Phi) is 3.14. The number of aromatic amines is 1. The smallest absolute Gasteiger partial charge is 0.239 e. The number of H-pyrrole nitrogens is 1. The van der Waals surface area contributed by atoms with Crippen molar-refractivity contribution in [2.45, 2.75) is 6.54 Å². The van der Waals surface area contributed by atoms with E-state index in [4.69, 9.17) is 17.0 Å². The van der Waals surface area contributed by atoms with E-state index in [2.05, 4.69) is 10.3 Å². The van der Waals surface area contributed by atoms with E-state index in [9.17, 15) is 4.79 Å². The molecule has 0 unspecified atom stereocenters. The Bertz CT molecular complexity index is 615. The molecule has 0 aliphatic carbocycles. The van der Waals surface area contributed by atoms with Crippen molar-refractivity contribution in [2.24, 2.45) is 0 Å². The fraction of sp³-hybridized carbons (Fsp3) is 0.273. The van der Waals surface area contributed by atoms with Gasteiger partial charge in [0.15, 0.2) is 4.77 Å². The summed E-state index contributed by atoms with van der Waals surface area (Å²) in [6.07, 6.45) is 0. The minimum atomic E-state index is -0.0928. The normalized spacial score (nSPS) is 10.5. The zero-order chi connectivity index (χ0) is 12.4. The number of likely N-dealkylation sites (N-methyl/N-ethyl adjacent to an activating group) is 1. The second-order valence-corrected chi connectivity index (χ2v) is 3.93. The maximum Gasteiger partial charge on any atom is 0.239 e. The third-order valence-electron chi connectivity index (χ3n) is 2.57. The topological polar surface area (TPSA) is 59.0 Å². The third kappa shape index (κ3) is 2.03. The second kappa shape index (κ2) is 4.58. The van der Waals surface area contributed by atoms with Gasteiger partial charge in [0.2, 0.25) is 5.91 Å². The maximum atomic E-state index is 11.4. The van der Waals surface area contributed by atoms with Gasteiger partial charge in [-0.25, -0.2) is 0 Å². The van der Waals surface area contributed by atoms with Gasteiger partial charge in [0.05, 0.1) is 12.6 Å². The van der Waals surface area contributed by atoms with Crippen LogP contribution in [0.4, 0.5) is 0 Å². The van der Waals surface area contributed by atoms with E-state index in [1.165, 1.54) is 0 Å². The fourth-order valence-corrected chi connectivity index (χ4v) is 1.97. The molecule has 0 spiro atoms. The summed E-state index contributed by atoms with van der Waals surface area (Å²) in [4.78, 5) is 14.5. The zero-order valence-corrected chi connectivity index (χ0v) is 10.4. The molecule has 17 heavy (non-hydrogen) atoms. The Morgan fingerprint density at radius 3 is 3.00 bits per heavy atom. The van der Waals surface area contributed by atoms with Crippen LogP contribution in [0.2, 0.25) is 0 Å². The molecule has 0 bridgehead atoms. The average molecular weight is 251 g/mol. The maximum absolute atomic E-state index is 11.4. The summed E-state index contributed by atoms with van der Waals surface area (Å²) in [5.74, 6) is 0.620. The van der Waals surface area contributed by atoms with Crippen molar-refractivity contribution in [3.63, 3.8) is 0 Å². The number of methoxy groups -OCH3 is 1. The first-order valence-electron chi connectivity index (χ1n) is 5.13. The van der Waals surface area contributed by atoms with Crippen molar-refractivity contribution < 1.29 is 9.53 Å². The summed E-state index contributed by atoms with van der Waals surface area (Å²) < 4.78 is 7.49. The zero-order valence-electron chi connectivity index (χ0n) is 9.61. The van der Waals surface area contributed by atoms with Gasteiger partial charge in [-0.05, 0) is 24.4 Å². The highest BCUT2D eigenvalue weighted by Crippen LogP contribution is 2.24. The van der Waals surface area contributed by atoms with Gasteiger partial charge in [-0.2, -0.15) is 0 Å². The minimum absolute atomic E-state index is 0.0928. The van der Waals surface area contributed by atoms with E-state index >= 15 is 0 Å². The van der Waals surface area contributed by atoms with Crippen molar-refractivity contribution in [1.29, 1.82) is 0 Å². The largest absolute Gasteiger partial charge is 0.494 e. The van der Waals surface area contributed by atoms with Gasteiger partial charge < -0.3 is 19.6 Å². The Balaban J connectivity index is 2.60. The first-order chi connectivity index (χ1) is 8.17. The molecule has 1 amide bonds. The number of fused-ring (bicyclic) bond motifs is 1. The lowest BCUT2D eigenvalue weighted by Crippen LogP contribution is -2.23. The van der Waals surface area contributed by atoms with Crippen LogP contribution in [0.25, 0.3) is 11.0 Å². The number of amides is 1. The third-order valence-corrected chi connectivity index (χ3v) is 2.90. The molecule has 0 fully saturated rings.